The van der Waals surface area contributed by atoms with Crippen LogP contribution in [-0.2, 0) is 16.1 Å². The molecule has 1 heterocycles. The summed E-state index contributed by atoms with van der Waals surface area (Å²) in [5.41, 5.74) is 0.565. The predicted octanol–water partition coefficient (Wildman–Crippen LogP) is 0.892. The van der Waals surface area contributed by atoms with Gasteiger partial charge in [-0.25, -0.2) is 4.68 Å². The second-order valence-electron chi connectivity index (χ2n) is 4.60. The number of aromatic nitrogens is 3. The van der Waals surface area contributed by atoms with Crippen molar-refractivity contribution in [1.29, 1.82) is 0 Å². The van der Waals surface area contributed by atoms with Crippen molar-refractivity contribution < 1.29 is 19.1 Å². The molecule has 0 spiro atoms. The van der Waals surface area contributed by atoms with Crippen molar-refractivity contribution in [3.8, 4) is 11.5 Å². The van der Waals surface area contributed by atoms with Crippen LogP contribution >= 0.6 is 0 Å². The first-order valence-electron chi connectivity index (χ1n) is 6.71. The Labute approximate surface area is 132 Å². The molecule has 0 unspecified atom stereocenters. The maximum atomic E-state index is 12.0. The Bertz CT molecular complexity index is 713. The Kier molecular flexibility index (Phi) is 5.13. The monoisotopic (exact) mass is 319 g/mol. The van der Waals surface area contributed by atoms with Gasteiger partial charge in [0.15, 0.2) is 17.3 Å². The van der Waals surface area contributed by atoms with E-state index in [2.05, 4.69) is 20.9 Å². The molecule has 0 saturated carbocycles. The molecule has 0 atom stereocenters. The molecule has 2 N–H and O–H groups in total. The SMILES string of the molecule is COc1ccc(NC(=O)Cn2cc(NC(C)=O)nn2)cc1OC. The van der Waals surface area contributed by atoms with Gasteiger partial charge in [0, 0.05) is 18.7 Å². The summed E-state index contributed by atoms with van der Waals surface area (Å²) in [5, 5.41) is 12.7. The third-order valence-corrected chi connectivity index (χ3v) is 2.82. The Hall–Kier alpha value is -3.10. The smallest absolute Gasteiger partial charge is 0.246 e. The predicted molar refractivity (Wildman–Crippen MR) is 82.5 cm³/mol. The number of nitrogens with zero attached hydrogens (tertiary/aromatic N) is 3. The molecule has 122 valence electrons. The van der Waals surface area contributed by atoms with Gasteiger partial charge in [-0.3, -0.25) is 9.59 Å². The van der Waals surface area contributed by atoms with Crippen LogP contribution in [0.1, 0.15) is 6.92 Å². The second-order valence-corrected chi connectivity index (χ2v) is 4.60. The topological polar surface area (TPSA) is 107 Å². The van der Waals surface area contributed by atoms with Crippen molar-refractivity contribution in [2.75, 3.05) is 24.9 Å². The lowest BCUT2D eigenvalue weighted by atomic mass is 10.2. The molecule has 0 fully saturated rings. The normalized spacial score (nSPS) is 10.0. The van der Waals surface area contributed by atoms with E-state index in [1.807, 2.05) is 0 Å². The summed E-state index contributed by atoms with van der Waals surface area (Å²) in [6.45, 7) is 1.32. The molecule has 0 aliphatic carbocycles. The number of carbonyl (C=O) groups excluding carboxylic acids is 2. The number of carbonyl (C=O) groups is 2. The van der Waals surface area contributed by atoms with Crippen molar-refractivity contribution in [3.05, 3.63) is 24.4 Å². The number of ether oxygens (including phenoxy) is 2. The zero-order chi connectivity index (χ0) is 16.8. The molecule has 0 aliphatic rings. The molecule has 1 aromatic carbocycles. The van der Waals surface area contributed by atoms with Gasteiger partial charge in [-0.1, -0.05) is 5.21 Å². The first-order valence-corrected chi connectivity index (χ1v) is 6.71. The fourth-order valence-corrected chi connectivity index (χ4v) is 1.87. The molecule has 0 saturated heterocycles. The quantitative estimate of drug-likeness (QED) is 0.819. The molecular weight excluding hydrogens is 302 g/mol. The van der Waals surface area contributed by atoms with Gasteiger partial charge in [0.1, 0.15) is 6.54 Å². The van der Waals surface area contributed by atoms with E-state index in [4.69, 9.17) is 9.47 Å². The van der Waals surface area contributed by atoms with Crippen LogP contribution < -0.4 is 20.1 Å². The molecule has 0 radical (unpaired) electrons. The maximum Gasteiger partial charge on any atom is 0.246 e. The average molecular weight is 319 g/mol. The van der Waals surface area contributed by atoms with Crippen LogP contribution in [0.4, 0.5) is 11.5 Å². The van der Waals surface area contributed by atoms with Crippen LogP contribution in [0.2, 0.25) is 0 Å². The van der Waals surface area contributed by atoms with Crippen LogP contribution in [-0.4, -0.2) is 41.0 Å². The lowest BCUT2D eigenvalue weighted by Crippen LogP contribution is -2.19. The Morgan fingerprint density at radius 1 is 1.17 bits per heavy atom. The van der Waals surface area contributed by atoms with E-state index in [-0.39, 0.29) is 24.2 Å². The summed E-state index contributed by atoms with van der Waals surface area (Å²) in [7, 11) is 3.05. The Morgan fingerprint density at radius 3 is 2.57 bits per heavy atom. The van der Waals surface area contributed by atoms with Crippen LogP contribution in [0.25, 0.3) is 0 Å². The Morgan fingerprint density at radius 2 is 1.91 bits per heavy atom. The number of rotatable bonds is 6. The van der Waals surface area contributed by atoms with E-state index < -0.39 is 0 Å². The van der Waals surface area contributed by atoms with Gasteiger partial charge in [-0.2, -0.15) is 0 Å². The highest BCUT2D eigenvalue weighted by Crippen LogP contribution is 2.29. The molecule has 2 rings (SSSR count). The summed E-state index contributed by atoms with van der Waals surface area (Å²) in [6.07, 6.45) is 1.47. The minimum absolute atomic E-state index is 0.0407. The highest BCUT2D eigenvalue weighted by molar-refractivity contribution is 5.91. The van der Waals surface area contributed by atoms with E-state index in [1.165, 1.54) is 32.0 Å². The molecule has 0 aliphatic heterocycles. The summed E-state index contributed by atoms with van der Waals surface area (Å²) >= 11 is 0. The number of hydrogen-bond acceptors (Lipinski definition) is 6. The minimum Gasteiger partial charge on any atom is -0.493 e. The minimum atomic E-state index is -0.295. The standard InChI is InChI=1S/C14H17N5O4/c1-9(20)15-13-7-19(18-17-13)8-14(21)16-10-4-5-11(22-2)12(6-10)23-3/h4-7H,8H2,1-3H3,(H,15,20)(H,16,21). The van der Waals surface area contributed by atoms with Gasteiger partial charge < -0.3 is 20.1 Å². The molecule has 23 heavy (non-hydrogen) atoms. The lowest BCUT2D eigenvalue weighted by Gasteiger charge is -2.10. The van der Waals surface area contributed by atoms with Gasteiger partial charge in [-0.15, -0.1) is 5.10 Å². The first kappa shape index (κ1) is 16.3. The van der Waals surface area contributed by atoms with E-state index in [1.54, 1.807) is 18.2 Å². The number of benzene rings is 1. The Balaban J connectivity index is 1.99. The third-order valence-electron chi connectivity index (χ3n) is 2.82. The zero-order valence-electron chi connectivity index (χ0n) is 13.0. The van der Waals surface area contributed by atoms with Crippen LogP contribution in [0, 0.1) is 0 Å². The second kappa shape index (κ2) is 7.25. The van der Waals surface area contributed by atoms with Crippen LogP contribution in [0.15, 0.2) is 24.4 Å². The number of amides is 2. The van der Waals surface area contributed by atoms with Gasteiger partial charge in [-0.05, 0) is 12.1 Å². The van der Waals surface area contributed by atoms with Crippen molar-refractivity contribution in [2.24, 2.45) is 0 Å². The summed E-state index contributed by atoms with van der Waals surface area (Å²) < 4.78 is 11.6. The van der Waals surface area contributed by atoms with Gasteiger partial charge in [0.05, 0.1) is 20.4 Å². The number of methoxy groups -OCH3 is 2. The van der Waals surface area contributed by atoms with Crippen molar-refractivity contribution in [3.63, 3.8) is 0 Å². The third kappa shape index (κ3) is 4.43. The number of nitrogens with one attached hydrogen (secondary N) is 2. The van der Waals surface area contributed by atoms with Crippen molar-refractivity contribution in [2.45, 2.75) is 13.5 Å². The number of hydrogen-bond donors (Lipinski definition) is 2. The summed E-state index contributed by atoms with van der Waals surface area (Å²) in [5.74, 6) is 0.820. The molecule has 1 aromatic heterocycles. The van der Waals surface area contributed by atoms with E-state index >= 15 is 0 Å². The van der Waals surface area contributed by atoms with Crippen molar-refractivity contribution in [1.82, 2.24) is 15.0 Å². The zero-order valence-corrected chi connectivity index (χ0v) is 13.0. The van der Waals surface area contributed by atoms with Gasteiger partial charge in [0.2, 0.25) is 11.8 Å². The highest BCUT2D eigenvalue weighted by Gasteiger charge is 2.09. The van der Waals surface area contributed by atoms with E-state index in [0.717, 1.165) is 0 Å². The lowest BCUT2D eigenvalue weighted by molar-refractivity contribution is -0.117. The molecule has 2 aromatic rings. The maximum absolute atomic E-state index is 12.0. The van der Waals surface area contributed by atoms with Gasteiger partial charge >= 0.3 is 0 Å². The molecule has 0 bridgehead atoms. The van der Waals surface area contributed by atoms with Crippen molar-refractivity contribution >= 4 is 23.3 Å². The fraction of sp³-hybridized carbons (Fsp3) is 0.286. The summed E-state index contributed by atoms with van der Waals surface area (Å²) in [4.78, 5) is 22.9. The average Bonchev–Trinajstić information content (AvgIpc) is 2.93. The summed E-state index contributed by atoms with van der Waals surface area (Å²) in [6, 6.07) is 5.04. The first-order chi connectivity index (χ1) is 11.0. The molecule has 9 nitrogen and oxygen atoms in total. The largest absolute Gasteiger partial charge is 0.493 e. The van der Waals surface area contributed by atoms with E-state index in [9.17, 15) is 9.59 Å². The van der Waals surface area contributed by atoms with Gasteiger partial charge in [0.25, 0.3) is 0 Å². The van der Waals surface area contributed by atoms with Crippen LogP contribution in [0.5, 0.6) is 11.5 Å². The molecule has 9 heteroatoms. The van der Waals surface area contributed by atoms with Crippen LogP contribution in [0.3, 0.4) is 0 Å². The molecular formula is C14H17N5O4. The number of anilines is 2. The fourth-order valence-electron chi connectivity index (χ4n) is 1.87. The highest BCUT2D eigenvalue weighted by atomic mass is 16.5. The van der Waals surface area contributed by atoms with E-state index in [0.29, 0.717) is 17.2 Å². The molecule has 2 amide bonds.